The Morgan fingerprint density at radius 3 is 2.31 bits per heavy atom. The van der Waals surface area contributed by atoms with Crippen LogP contribution in [0.1, 0.15) is 5.82 Å². The first kappa shape index (κ1) is 11.7. The smallest absolute Gasteiger partial charge is 0.132 e. The van der Waals surface area contributed by atoms with Crippen molar-refractivity contribution in [1.82, 2.24) is 9.55 Å². The van der Waals surface area contributed by atoms with Gasteiger partial charge in [-0.15, -0.1) is 11.8 Å². The first-order valence-electron chi connectivity index (χ1n) is 4.96. The molecule has 0 saturated heterocycles. The lowest BCUT2D eigenvalue weighted by Crippen LogP contribution is -1.94. The number of halogens is 1. The Morgan fingerprint density at radius 2 is 1.88 bits per heavy atom. The summed E-state index contributed by atoms with van der Waals surface area (Å²) >= 11 is 5.26. The van der Waals surface area contributed by atoms with Gasteiger partial charge in [0.05, 0.1) is 5.69 Å². The highest BCUT2D eigenvalue weighted by Gasteiger charge is 2.11. The van der Waals surface area contributed by atoms with Crippen LogP contribution in [0.4, 0.5) is 0 Å². The average Bonchev–Trinajstić information content (AvgIpc) is 2.54. The molecular formula is C12H13BrN2S. The van der Waals surface area contributed by atoms with E-state index in [9.17, 15) is 0 Å². The van der Waals surface area contributed by atoms with Gasteiger partial charge in [0.15, 0.2) is 0 Å². The maximum absolute atomic E-state index is 4.40. The molecule has 0 fully saturated rings. The van der Waals surface area contributed by atoms with E-state index in [0.717, 1.165) is 16.1 Å². The maximum Gasteiger partial charge on any atom is 0.132 e. The van der Waals surface area contributed by atoms with Gasteiger partial charge in [0.25, 0.3) is 0 Å². The molecule has 2 rings (SSSR count). The normalized spacial score (nSPS) is 10.8. The summed E-state index contributed by atoms with van der Waals surface area (Å²) in [4.78, 5) is 5.68. The van der Waals surface area contributed by atoms with Gasteiger partial charge >= 0.3 is 0 Å². The molecular weight excluding hydrogens is 284 g/mol. The van der Waals surface area contributed by atoms with Crippen LogP contribution in [0.3, 0.4) is 0 Å². The van der Waals surface area contributed by atoms with Gasteiger partial charge in [-0.1, -0.05) is 12.1 Å². The molecule has 0 bridgehead atoms. The van der Waals surface area contributed by atoms with Gasteiger partial charge < -0.3 is 4.57 Å². The molecule has 2 aromatic rings. The highest BCUT2D eigenvalue weighted by molar-refractivity contribution is 9.10. The van der Waals surface area contributed by atoms with E-state index in [1.807, 2.05) is 14.0 Å². The summed E-state index contributed by atoms with van der Waals surface area (Å²) < 4.78 is 3.00. The zero-order valence-electron chi connectivity index (χ0n) is 9.49. The Kier molecular flexibility index (Phi) is 3.40. The number of imidazole rings is 1. The molecule has 1 aromatic heterocycles. The highest BCUT2D eigenvalue weighted by atomic mass is 79.9. The lowest BCUT2D eigenvalue weighted by Gasteiger charge is -2.05. The van der Waals surface area contributed by atoms with Gasteiger partial charge in [-0.3, -0.25) is 0 Å². The van der Waals surface area contributed by atoms with Crippen molar-refractivity contribution in [3.8, 4) is 11.3 Å². The van der Waals surface area contributed by atoms with E-state index in [1.54, 1.807) is 11.8 Å². The average molecular weight is 297 g/mol. The van der Waals surface area contributed by atoms with E-state index in [1.165, 1.54) is 10.5 Å². The van der Waals surface area contributed by atoms with Crippen molar-refractivity contribution in [2.75, 3.05) is 6.26 Å². The van der Waals surface area contributed by atoms with Crippen LogP contribution in [0.2, 0.25) is 0 Å². The van der Waals surface area contributed by atoms with Gasteiger partial charge in [0, 0.05) is 17.5 Å². The van der Waals surface area contributed by atoms with Crippen LogP contribution in [0.5, 0.6) is 0 Å². The van der Waals surface area contributed by atoms with Gasteiger partial charge in [-0.05, 0) is 41.2 Å². The number of aryl methyl sites for hydroxylation is 1. The number of hydrogen-bond donors (Lipinski definition) is 0. The molecule has 0 aliphatic rings. The summed E-state index contributed by atoms with van der Waals surface area (Å²) in [6.45, 7) is 2.00. The minimum atomic E-state index is 0.907. The Hall–Kier alpha value is -0.740. The van der Waals surface area contributed by atoms with Crippen LogP contribution in [0.25, 0.3) is 11.3 Å². The minimum Gasteiger partial charge on any atom is -0.330 e. The molecule has 0 spiro atoms. The molecule has 0 aliphatic heterocycles. The molecule has 0 atom stereocenters. The number of hydrogen-bond acceptors (Lipinski definition) is 2. The zero-order valence-corrected chi connectivity index (χ0v) is 11.9. The van der Waals surface area contributed by atoms with Crippen LogP contribution < -0.4 is 0 Å². The van der Waals surface area contributed by atoms with E-state index >= 15 is 0 Å². The second kappa shape index (κ2) is 4.63. The number of thioether (sulfide) groups is 1. The fraction of sp³-hybridized carbons (Fsp3) is 0.250. The fourth-order valence-electron chi connectivity index (χ4n) is 1.63. The second-order valence-electron chi connectivity index (χ2n) is 3.59. The SMILES string of the molecule is CSc1ccc(-c2c(Br)nc(C)n2C)cc1. The van der Waals surface area contributed by atoms with Crippen LogP contribution >= 0.6 is 27.7 Å². The van der Waals surface area contributed by atoms with Crippen molar-refractivity contribution in [3.05, 3.63) is 34.7 Å². The van der Waals surface area contributed by atoms with Crippen molar-refractivity contribution < 1.29 is 0 Å². The molecule has 2 nitrogen and oxygen atoms in total. The van der Waals surface area contributed by atoms with E-state index in [0.29, 0.717) is 0 Å². The molecule has 84 valence electrons. The zero-order chi connectivity index (χ0) is 11.7. The first-order valence-corrected chi connectivity index (χ1v) is 6.98. The summed E-state index contributed by atoms with van der Waals surface area (Å²) in [5.41, 5.74) is 2.32. The number of benzene rings is 1. The highest BCUT2D eigenvalue weighted by Crippen LogP contribution is 2.29. The summed E-state index contributed by atoms with van der Waals surface area (Å²) in [5, 5.41) is 0. The van der Waals surface area contributed by atoms with Crippen LogP contribution in [0.15, 0.2) is 33.8 Å². The Morgan fingerprint density at radius 1 is 1.25 bits per heavy atom. The fourth-order valence-corrected chi connectivity index (χ4v) is 2.79. The monoisotopic (exact) mass is 296 g/mol. The van der Waals surface area contributed by atoms with Crippen LogP contribution in [-0.4, -0.2) is 15.8 Å². The topological polar surface area (TPSA) is 17.8 Å². The third kappa shape index (κ3) is 2.04. The second-order valence-corrected chi connectivity index (χ2v) is 5.22. The lowest BCUT2D eigenvalue weighted by atomic mass is 10.2. The quantitative estimate of drug-likeness (QED) is 0.783. The van der Waals surface area contributed by atoms with Crippen molar-refractivity contribution >= 4 is 27.7 Å². The number of nitrogens with zero attached hydrogens (tertiary/aromatic N) is 2. The Bertz CT molecular complexity index is 502. The molecule has 0 saturated carbocycles. The standard InChI is InChI=1S/C12H13BrN2S/c1-8-14-12(13)11(15(8)2)9-4-6-10(16-3)7-5-9/h4-7H,1-3H3. The van der Waals surface area contributed by atoms with Crippen LogP contribution in [-0.2, 0) is 7.05 Å². The summed E-state index contributed by atoms with van der Waals surface area (Å²) in [5.74, 6) is 1.01. The van der Waals surface area contributed by atoms with E-state index in [4.69, 9.17) is 0 Å². The molecule has 1 aromatic carbocycles. The molecule has 1 heterocycles. The molecule has 0 amide bonds. The summed E-state index contributed by atoms with van der Waals surface area (Å²) in [6, 6.07) is 8.53. The summed E-state index contributed by atoms with van der Waals surface area (Å²) in [7, 11) is 2.03. The van der Waals surface area contributed by atoms with Crippen molar-refractivity contribution in [3.63, 3.8) is 0 Å². The number of aromatic nitrogens is 2. The number of rotatable bonds is 2. The molecule has 0 unspecified atom stereocenters. The molecule has 0 N–H and O–H groups in total. The third-order valence-electron chi connectivity index (χ3n) is 2.64. The third-order valence-corrected chi connectivity index (χ3v) is 3.94. The van der Waals surface area contributed by atoms with E-state index < -0.39 is 0 Å². The lowest BCUT2D eigenvalue weighted by molar-refractivity contribution is 0.865. The largest absolute Gasteiger partial charge is 0.330 e. The maximum atomic E-state index is 4.40. The van der Waals surface area contributed by atoms with Gasteiger partial charge in [-0.2, -0.15) is 0 Å². The Labute approximate surface area is 108 Å². The van der Waals surface area contributed by atoms with Gasteiger partial charge in [0.1, 0.15) is 10.4 Å². The molecule has 0 aliphatic carbocycles. The predicted octanol–water partition coefficient (Wildman–Crippen LogP) is 3.88. The Balaban J connectivity index is 2.50. The molecule has 0 radical (unpaired) electrons. The van der Waals surface area contributed by atoms with Crippen molar-refractivity contribution in [2.24, 2.45) is 7.05 Å². The van der Waals surface area contributed by atoms with Crippen LogP contribution in [0, 0.1) is 6.92 Å². The molecule has 16 heavy (non-hydrogen) atoms. The van der Waals surface area contributed by atoms with Crippen molar-refractivity contribution in [2.45, 2.75) is 11.8 Å². The summed E-state index contributed by atoms with van der Waals surface area (Å²) in [6.07, 6.45) is 2.08. The van der Waals surface area contributed by atoms with Gasteiger partial charge in [0.2, 0.25) is 0 Å². The van der Waals surface area contributed by atoms with E-state index in [2.05, 4.69) is 56.0 Å². The van der Waals surface area contributed by atoms with E-state index in [-0.39, 0.29) is 0 Å². The van der Waals surface area contributed by atoms with Crippen molar-refractivity contribution in [1.29, 1.82) is 0 Å². The first-order chi connectivity index (χ1) is 7.63. The van der Waals surface area contributed by atoms with Gasteiger partial charge in [-0.25, -0.2) is 4.98 Å². The predicted molar refractivity (Wildman–Crippen MR) is 72.9 cm³/mol. The molecule has 4 heteroatoms. The minimum absolute atomic E-state index is 0.907.